The van der Waals surface area contributed by atoms with Crippen molar-refractivity contribution in [3.63, 3.8) is 0 Å². The van der Waals surface area contributed by atoms with E-state index in [0.717, 1.165) is 0 Å². The Balaban J connectivity index is 1.46. The lowest BCUT2D eigenvalue weighted by atomic mass is 9.96. The highest BCUT2D eigenvalue weighted by Gasteiger charge is 2.38. The first-order chi connectivity index (χ1) is 14.4. The molecule has 4 rings (SSSR count). The maximum Gasteiger partial charge on any atom is 0.449 e. The van der Waals surface area contributed by atoms with Crippen LogP contribution in [-0.2, 0) is 12.7 Å². The number of nitriles is 1. The van der Waals surface area contributed by atoms with Crippen molar-refractivity contribution in [2.75, 3.05) is 13.1 Å². The summed E-state index contributed by atoms with van der Waals surface area (Å²) in [5, 5.41) is 8.86. The van der Waals surface area contributed by atoms with Crippen LogP contribution in [0.4, 0.5) is 13.2 Å². The van der Waals surface area contributed by atoms with Crippen LogP contribution in [-0.4, -0.2) is 33.4 Å². The lowest BCUT2D eigenvalue weighted by molar-refractivity contribution is -0.147. The highest BCUT2D eigenvalue weighted by atomic mass is 19.4. The van der Waals surface area contributed by atoms with Crippen LogP contribution >= 0.6 is 0 Å². The molecule has 2 aromatic carbocycles. The molecule has 8 heteroatoms. The number of likely N-dealkylation sites (tertiary alicyclic amines) is 1. The topological polar surface area (TPSA) is 61.9 Å². The number of aromatic nitrogens is 2. The molecule has 1 aliphatic heterocycles. The Hall–Kier alpha value is -3.34. The molecule has 1 saturated heterocycles. The van der Waals surface area contributed by atoms with E-state index in [0.29, 0.717) is 48.1 Å². The average molecular weight is 412 g/mol. The van der Waals surface area contributed by atoms with E-state index in [-0.39, 0.29) is 18.4 Å². The van der Waals surface area contributed by atoms with E-state index < -0.39 is 12.0 Å². The molecular formula is C22H19F3N4O. The third-order valence-corrected chi connectivity index (χ3v) is 5.51. The average Bonchev–Trinajstić information content (AvgIpc) is 3.13. The molecular weight excluding hydrogens is 393 g/mol. The first-order valence-electron chi connectivity index (χ1n) is 9.68. The van der Waals surface area contributed by atoms with E-state index in [1.54, 1.807) is 53.4 Å². The van der Waals surface area contributed by atoms with Crippen molar-refractivity contribution in [2.45, 2.75) is 25.6 Å². The van der Waals surface area contributed by atoms with Gasteiger partial charge in [0.25, 0.3) is 5.91 Å². The molecule has 0 aliphatic carbocycles. The fourth-order valence-electron chi connectivity index (χ4n) is 3.92. The predicted octanol–water partition coefficient (Wildman–Crippen LogP) is 4.48. The lowest BCUT2D eigenvalue weighted by Gasteiger charge is -2.32. The van der Waals surface area contributed by atoms with E-state index >= 15 is 0 Å². The number of alkyl halides is 3. The van der Waals surface area contributed by atoms with Crippen molar-refractivity contribution in [1.82, 2.24) is 14.5 Å². The van der Waals surface area contributed by atoms with E-state index in [4.69, 9.17) is 5.26 Å². The van der Waals surface area contributed by atoms with Gasteiger partial charge in [0, 0.05) is 25.2 Å². The summed E-state index contributed by atoms with van der Waals surface area (Å²) >= 11 is 0. The summed E-state index contributed by atoms with van der Waals surface area (Å²) in [4.78, 5) is 18.2. The molecule has 1 fully saturated rings. The minimum Gasteiger partial charge on any atom is -0.339 e. The van der Waals surface area contributed by atoms with Crippen LogP contribution in [0.15, 0.2) is 48.5 Å². The second-order valence-electron chi connectivity index (χ2n) is 7.46. The number of hydrogen-bond acceptors (Lipinski definition) is 3. The summed E-state index contributed by atoms with van der Waals surface area (Å²) in [6.45, 7) is 1.18. The van der Waals surface area contributed by atoms with Gasteiger partial charge in [-0.2, -0.15) is 18.4 Å². The van der Waals surface area contributed by atoms with Gasteiger partial charge >= 0.3 is 6.18 Å². The van der Waals surface area contributed by atoms with Gasteiger partial charge in [-0.3, -0.25) is 4.79 Å². The number of benzene rings is 2. The van der Waals surface area contributed by atoms with Gasteiger partial charge in [-0.1, -0.05) is 12.1 Å². The highest BCUT2D eigenvalue weighted by Crippen LogP contribution is 2.33. The van der Waals surface area contributed by atoms with E-state index in [9.17, 15) is 18.0 Å². The van der Waals surface area contributed by atoms with Crippen LogP contribution in [0.5, 0.6) is 0 Å². The largest absolute Gasteiger partial charge is 0.449 e. The minimum atomic E-state index is -4.52. The Morgan fingerprint density at radius 2 is 1.77 bits per heavy atom. The van der Waals surface area contributed by atoms with E-state index in [1.807, 2.05) is 6.07 Å². The molecule has 1 aliphatic rings. The molecule has 154 valence electrons. The number of hydrogen-bond donors (Lipinski definition) is 0. The van der Waals surface area contributed by atoms with Gasteiger partial charge in [0.2, 0.25) is 5.82 Å². The van der Waals surface area contributed by atoms with Gasteiger partial charge in [0.15, 0.2) is 0 Å². The monoisotopic (exact) mass is 412 g/mol. The molecule has 0 saturated carbocycles. The molecule has 0 bridgehead atoms. The van der Waals surface area contributed by atoms with Crippen LogP contribution in [0.25, 0.3) is 11.0 Å². The number of para-hydroxylation sites is 2. The number of carbonyl (C=O) groups excluding carboxylic acids is 1. The number of imidazole rings is 1. The summed E-state index contributed by atoms with van der Waals surface area (Å²) in [6, 6.07) is 15.1. The SMILES string of the molecule is N#Cc1ccc(C(=O)N2CCC(Cn3c(C(F)(F)F)nc4ccccc43)CC2)cc1. The lowest BCUT2D eigenvalue weighted by Crippen LogP contribution is -2.39. The third-order valence-electron chi connectivity index (χ3n) is 5.51. The first kappa shape index (κ1) is 20.0. The van der Waals surface area contributed by atoms with Gasteiger partial charge in [-0.25, -0.2) is 4.98 Å². The highest BCUT2D eigenvalue weighted by molar-refractivity contribution is 5.94. The molecule has 2 heterocycles. The Labute approximate surface area is 171 Å². The molecule has 0 spiro atoms. The smallest absolute Gasteiger partial charge is 0.339 e. The summed E-state index contributed by atoms with van der Waals surface area (Å²) in [7, 11) is 0. The van der Waals surface area contributed by atoms with Crippen LogP contribution in [0.1, 0.15) is 34.6 Å². The van der Waals surface area contributed by atoms with Gasteiger partial charge in [0.05, 0.1) is 22.7 Å². The number of amides is 1. The van der Waals surface area contributed by atoms with Gasteiger partial charge < -0.3 is 9.47 Å². The Morgan fingerprint density at radius 1 is 1.10 bits per heavy atom. The molecule has 0 unspecified atom stereocenters. The fourth-order valence-corrected chi connectivity index (χ4v) is 3.92. The van der Waals surface area contributed by atoms with Crippen LogP contribution in [0, 0.1) is 17.2 Å². The van der Waals surface area contributed by atoms with Crippen molar-refractivity contribution in [2.24, 2.45) is 5.92 Å². The van der Waals surface area contributed by atoms with Crippen LogP contribution in [0.3, 0.4) is 0 Å². The molecule has 30 heavy (non-hydrogen) atoms. The summed E-state index contributed by atoms with van der Waals surface area (Å²) in [5.74, 6) is -0.976. The number of nitrogens with zero attached hydrogens (tertiary/aromatic N) is 4. The zero-order chi connectivity index (χ0) is 21.3. The van der Waals surface area contributed by atoms with Crippen molar-refractivity contribution < 1.29 is 18.0 Å². The maximum atomic E-state index is 13.5. The first-order valence-corrected chi connectivity index (χ1v) is 9.68. The van der Waals surface area contributed by atoms with Gasteiger partial charge in [-0.15, -0.1) is 0 Å². The van der Waals surface area contributed by atoms with Crippen LogP contribution < -0.4 is 0 Å². The van der Waals surface area contributed by atoms with Gasteiger partial charge in [-0.05, 0) is 55.2 Å². The van der Waals surface area contributed by atoms with Crippen molar-refractivity contribution >= 4 is 16.9 Å². The number of carbonyl (C=O) groups is 1. The molecule has 0 N–H and O–H groups in total. The second kappa shape index (κ2) is 7.82. The Kier molecular flexibility index (Phi) is 5.20. The Bertz CT molecular complexity index is 1100. The molecule has 3 aromatic rings. The number of fused-ring (bicyclic) bond motifs is 1. The quantitative estimate of drug-likeness (QED) is 0.637. The third kappa shape index (κ3) is 3.88. The molecule has 0 atom stereocenters. The molecule has 5 nitrogen and oxygen atoms in total. The minimum absolute atomic E-state index is 0.0220. The van der Waals surface area contributed by atoms with E-state index in [1.165, 1.54) is 4.57 Å². The number of halogens is 3. The maximum absolute atomic E-state index is 13.5. The van der Waals surface area contributed by atoms with Crippen molar-refractivity contribution in [3.8, 4) is 6.07 Å². The Morgan fingerprint density at radius 3 is 2.40 bits per heavy atom. The number of rotatable bonds is 3. The zero-order valence-electron chi connectivity index (χ0n) is 16.1. The van der Waals surface area contributed by atoms with Crippen molar-refractivity contribution in [1.29, 1.82) is 5.26 Å². The van der Waals surface area contributed by atoms with Crippen LogP contribution in [0.2, 0.25) is 0 Å². The standard InChI is InChI=1S/C22H19F3N4O/c23-22(24,25)21-27-18-3-1-2-4-19(18)29(21)14-16-9-11-28(12-10-16)20(30)17-7-5-15(13-26)6-8-17/h1-8,16H,9-12,14H2. The summed E-state index contributed by atoms with van der Waals surface area (Å²) in [6.07, 6.45) is -3.29. The number of piperidine rings is 1. The normalized spacial score (nSPS) is 15.3. The zero-order valence-corrected chi connectivity index (χ0v) is 16.1. The van der Waals surface area contributed by atoms with Crippen molar-refractivity contribution in [3.05, 3.63) is 65.5 Å². The van der Waals surface area contributed by atoms with E-state index in [2.05, 4.69) is 4.98 Å². The molecule has 1 aromatic heterocycles. The predicted molar refractivity (Wildman–Crippen MR) is 105 cm³/mol. The second-order valence-corrected chi connectivity index (χ2v) is 7.46. The summed E-state index contributed by atoms with van der Waals surface area (Å²) < 4.78 is 41.7. The van der Waals surface area contributed by atoms with Gasteiger partial charge in [0.1, 0.15) is 0 Å². The molecule has 0 radical (unpaired) electrons. The molecule has 1 amide bonds. The summed E-state index contributed by atoms with van der Waals surface area (Å²) in [5.41, 5.74) is 1.80. The fraction of sp³-hybridized carbons (Fsp3) is 0.318.